The Kier molecular flexibility index (Phi) is 7.65. The van der Waals surface area contributed by atoms with Crippen molar-refractivity contribution in [1.82, 2.24) is 4.57 Å². The highest BCUT2D eigenvalue weighted by Gasteiger charge is 2.08. The molecule has 28 heavy (non-hydrogen) atoms. The van der Waals surface area contributed by atoms with E-state index in [1.54, 1.807) is 0 Å². The number of hydrogen-bond donors (Lipinski definition) is 0. The number of unbranched alkanes of at least 4 members (excludes halogenated alkanes) is 6. The normalized spacial score (nSPS) is 11.0. The van der Waals surface area contributed by atoms with Crippen molar-refractivity contribution in [3.8, 4) is 0 Å². The fourth-order valence-electron chi connectivity index (χ4n) is 3.67. The van der Waals surface area contributed by atoms with Gasteiger partial charge in [-0.2, -0.15) is 0 Å². The van der Waals surface area contributed by atoms with Gasteiger partial charge >= 0.3 is 5.97 Å². The van der Waals surface area contributed by atoms with Crippen LogP contribution >= 0.6 is 0 Å². The molecule has 0 atom stereocenters. The van der Waals surface area contributed by atoms with Gasteiger partial charge < -0.3 is 9.30 Å². The van der Waals surface area contributed by atoms with E-state index in [0.717, 1.165) is 18.6 Å². The quantitative estimate of drug-likeness (QED) is 0.262. The molecular formula is C24H31N2O2+. The highest BCUT2D eigenvalue weighted by molar-refractivity contribution is 5.94. The minimum absolute atomic E-state index is 0.277. The number of methoxy groups -OCH3 is 1. The molecule has 0 spiro atoms. The van der Waals surface area contributed by atoms with Crippen molar-refractivity contribution in [3.05, 3.63) is 66.6 Å². The molecular weight excluding hydrogens is 348 g/mol. The van der Waals surface area contributed by atoms with Crippen LogP contribution in [0.15, 0.2) is 61.1 Å². The third-order valence-electron chi connectivity index (χ3n) is 5.29. The largest absolute Gasteiger partial charge is 0.465 e. The molecule has 0 aliphatic heterocycles. The highest BCUT2D eigenvalue weighted by Crippen LogP contribution is 2.19. The zero-order valence-corrected chi connectivity index (χ0v) is 16.8. The van der Waals surface area contributed by atoms with Crippen molar-refractivity contribution < 1.29 is 14.1 Å². The molecule has 0 amide bonds. The van der Waals surface area contributed by atoms with Gasteiger partial charge in [-0.25, -0.2) is 9.36 Å². The average Bonchev–Trinajstić information content (AvgIpc) is 3.15. The van der Waals surface area contributed by atoms with E-state index in [1.807, 2.05) is 18.2 Å². The summed E-state index contributed by atoms with van der Waals surface area (Å²) in [6.07, 6.45) is 15.3. The van der Waals surface area contributed by atoms with Crippen molar-refractivity contribution in [3.63, 3.8) is 0 Å². The lowest BCUT2D eigenvalue weighted by Crippen LogP contribution is -2.32. The summed E-state index contributed by atoms with van der Waals surface area (Å²) in [6.45, 7) is 2.12. The molecule has 3 rings (SSSR count). The molecule has 0 saturated heterocycles. The molecule has 2 aromatic heterocycles. The minimum atomic E-state index is -0.277. The van der Waals surface area contributed by atoms with Gasteiger partial charge in [0.25, 0.3) is 0 Å². The molecule has 4 heteroatoms. The maximum Gasteiger partial charge on any atom is 0.337 e. The summed E-state index contributed by atoms with van der Waals surface area (Å²) in [5, 5.41) is 1.17. The molecule has 0 aliphatic rings. The number of carbonyl (C=O) groups is 1. The third kappa shape index (κ3) is 5.69. The first-order chi connectivity index (χ1) is 13.8. The molecule has 0 aliphatic carbocycles. The van der Waals surface area contributed by atoms with E-state index in [1.165, 1.54) is 57.4 Å². The van der Waals surface area contributed by atoms with E-state index in [-0.39, 0.29) is 5.97 Å². The smallest absolute Gasteiger partial charge is 0.337 e. The van der Waals surface area contributed by atoms with Crippen LogP contribution in [-0.4, -0.2) is 17.6 Å². The molecule has 0 saturated carbocycles. The van der Waals surface area contributed by atoms with Crippen LogP contribution < -0.4 is 4.57 Å². The number of nitrogens with zero attached hydrogens (tertiary/aromatic N) is 2. The molecule has 3 aromatic rings. The summed E-state index contributed by atoms with van der Waals surface area (Å²) in [4.78, 5) is 11.7. The van der Waals surface area contributed by atoms with Crippen molar-refractivity contribution in [1.29, 1.82) is 0 Å². The van der Waals surface area contributed by atoms with Gasteiger partial charge in [-0.15, -0.1) is 0 Å². The van der Waals surface area contributed by atoms with Gasteiger partial charge in [-0.05, 0) is 36.4 Å². The SMILES string of the molecule is COC(=O)c1ccc2ccn(CCCCCCCCC[n+]3ccccc3)c2c1. The van der Waals surface area contributed by atoms with E-state index in [9.17, 15) is 4.79 Å². The summed E-state index contributed by atoms with van der Waals surface area (Å²) >= 11 is 0. The number of esters is 1. The molecule has 0 unspecified atom stereocenters. The highest BCUT2D eigenvalue weighted by atomic mass is 16.5. The second-order valence-electron chi connectivity index (χ2n) is 7.36. The number of aryl methyl sites for hydroxylation is 2. The zero-order valence-electron chi connectivity index (χ0n) is 16.8. The number of pyridine rings is 1. The Morgan fingerprint density at radius 3 is 2.39 bits per heavy atom. The van der Waals surface area contributed by atoms with Gasteiger partial charge in [-0.1, -0.05) is 37.8 Å². The predicted octanol–water partition coefficient (Wildman–Crippen LogP) is 5.15. The molecule has 0 N–H and O–H groups in total. The summed E-state index contributed by atoms with van der Waals surface area (Å²) in [7, 11) is 1.42. The molecule has 0 fully saturated rings. The maximum atomic E-state index is 11.7. The van der Waals surface area contributed by atoms with E-state index in [4.69, 9.17) is 4.74 Å². The predicted molar refractivity (Wildman–Crippen MR) is 112 cm³/mol. The Bertz CT molecular complexity index is 871. The van der Waals surface area contributed by atoms with Crippen LogP contribution in [-0.2, 0) is 17.8 Å². The van der Waals surface area contributed by atoms with Gasteiger partial charge in [0, 0.05) is 36.8 Å². The molecule has 4 nitrogen and oxygen atoms in total. The van der Waals surface area contributed by atoms with Crippen LogP contribution in [0, 0.1) is 0 Å². The number of hydrogen-bond acceptors (Lipinski definition) is 2. The maximum absolute atomic E-state index is 11.7. The molecule has 1 aromatic carbocycles. The Labute approximate surface area is 167 Å². The first-order valence-electron chi connectivity index (χ1n) is 10.4. The van der Waals surface area contributed by atoms with Crippen molar-refractivity contribution >= 4 is 16.9 Å². The Hall–Kier alpha value is -2.62. The van der Waals surface area contributed by atoms with Crippen LogP contribution in [0.25, 0.3) is 10.9 Å². The first-order valence-corrected chi connectivity index (χ1v) is 10.4. The van der Waals surface area contributed by atoms with Crippen LogP contribution in [0.3, 0.4) is 0 Å². The monoisotopic (exact) mass is 379 g/mol. The lowest BCUT2D eigenvalue weighted by atomic mass is 10.1. The van der Waals surface area contributed by atoms with Crippen LogP contribution in [0.1, 0.15) is 55.3 Å². The standard InChI is InChI=1S/C24H31N2O2/c1-28-24(27)22-13-12-21-14-19-26(23(21)20-22)18-11-6-4-2-3-5-8-15-25-16-9-7-10-17-25/h7,9-10,12-14,16-17,19-20H,2-6,8,11,15,18H2,1H3/q+1. The fraction of sp³-hybridized carbons (Fsp3) is 0.417. The summed E-state index contributed by atoms with van der Waals surface area (Å²) < 4.78 is 9.34. The van der Waals surface area contributed by atoms with Crippen LogP contribution in [0.5, 0.6) is 0 Å². The second kappa shape index (κ2) is 10.6. The summed E-state index contributed by atoms with van der Waals surface area (Å²) in [6, 6.07) is 14.1. The molecule has 148 valence electrons. The van der Waals surface area contributed by atoms with E-state index in [2.05, 4.69) is 52.0 Å². The second-order valence-corrected chi connectivity index (χ2v) is 7.36. The Morgan fingerprint density at radius 1 is 0.929 bits per heavy atom. The fourth-order valence-corrected chi connectivity index (χ4v) is 3.67. The summed E-state index contributed by atoms with van der Waals surface area (Å²) in [5.74, 6) is -0.277. The van der Waals surface area contributed by atoms with Gasteiger partial charge in [0.05, 0.1) is 12.7 Å². The topological polar surface area (TPSA) is 35.1 Å². The Balaban J connectivity index is 1.32. The summed E-state index contributed by atoms with van der Waals surface area (Å²) in [5.41, 5.74) is 1.73. The van der Waals surface area contributed by atoms with E-state index in [0.29, 0.717) is 5.56 Å². The number of fused-ring (bicyclic) bond motifs is 1. The van der Waals surface area contributed by atoms with Gasteiger partial charge in [-0.3, -0.25) is 0 Å². The first kappa shape index (κ1) is 20.1. The number of aromatic nitrogens is 2. The van der Waals surface area contributed by atoms with Crippen LogP contribution in [0.4, 0.5) is 0 Å². The number of benzene rings is 1. The molecule has 0 radical (unpaired) electrons. The van der Waals surface area contributed by atoms with E-state index < -0.39 is 0 Å². The third-order valence-corrected chi connectivity index (χ3v) is 5.29. The van der Waals surface area contributed by atoms with E-state index >= 15 is 0 Å². The van der Waals surface area contributed by atoms with Gasteiger partial charge in [0.15, 0.2) is 12.4 Å². The molecule has 2 heterocycles. The van der Waals surface area contributed by atoms with Crippen LogP contribution in [0.2, 0.25) is 0 Å². The lowest BCUT2D eigenvalue weighted by Gasteiger charge is -2.07. The minimum Gasteiger partial charge on any atom is -0.465 e. The zero-order chi connectivity index (χ0) is 19.6. The Morgan fingerprint density at radius 2 is 1.64 bits per heavy atom. The number of ether oxygens (including phenoxy) is 1. The average molecular weight is 380 g/mol. The number of carbonyl (C=O) groups excluding carboxylic acids is 1. The lowest BCUT2D eigenvalue weighted by molar-refractivity contribution is -0.697. The van der Waals surface area contributed by atoms with Crippen molar-refractivity contribution in [2.45, 2.75) is 58.0 Å². The van der Waals surface area contributed by atoms with Gasteiger partial charge in [0.1, 0.15) is 6.54 Å². The number of rotatable bonds is 11. The molecule has 0 bridgehead atoms. The van der Waals surface area contributed by atoms with Crippen molar-refractivity contribution in [2.24, 2.45) is 0 Å². The van der Waals surface area contributed by atoms with Crippen molar-refractivity contribution in [2.75, 3.05) is 7.11 Å². The van der Waals surface area contributed by atoms with Gasteiger partial charge in [0.2, 0.25) is 0 Å².